The van der Waals surface area contributed by atoms with Gasteiger partial charge in [-0.05, 0) is 12.8 Å². The largest absolute Gasteiger partial charge is 0.394 e. The van der Waals surface area contributed by atoms with E-state index in [4.69, 9.17) is 0 Å². The van der Waals surface area contributed by atoms with Crippen molar-refractivity contribution in [2.75, 3.05) is 24.3 Å². The van der Waals surface area contributed by atoms with E-state index in [1.54, 1.807) is 0 Å². The number of hydrogen-bond donors (Lipinski definition) is 3. The third-order valence-electron chi connectivity index (χ3n) is 3.18. The summed E-state index contributed by atoms with van der Waals surface area (Å²) in [7, 11) is 1.82. The summed E-state index contributed by atoms with van der Waals surface area (Å²) in [4.78, 5) is 8.23. The molecule has 16 heavy (non-hydrogen) atoms. The molecule has 0 saturated heterocycles. The van der Waals surface area contributed by atoms with Gasteiger partial charge in [-0.1, -0.05) is 12.8 Å². The van der Waals surface area contributed by atoms with Gasteiger partial charge in [0.15, 0.2) is 0 Å². The number of aromatic nitrogens is 2. The Morgan fingerprint density at radius 1 is 1.31 bits per heavy atom. The maximum Gasteiger partial charge on any atom is 0.131 e. The lowest BCUT2D eigenvalue weighted by atomic mass is 9.99. The summed E-state index contributed by atoms with van der Waals surface area (Å²) in [5.41, 5.74) is -0.181. The van der Waals surface area contributed by atoms with Gasteiger partial charge in [0.05, 0.1) is 12.1 Å². The Bertz CT molecular complexity index is 350. The monoisotopic (exact) mass is 222 g/mol. The molecule has 88 valence electrons. The zero-order valence-corrected chi connectivity index (χ0v) is 9.53. The first-order valence-electron chi connectivity index (χ1n) is 5.67. The minimum atomic E-state index is -0.181. The predicted molar refractivity (Wildman–Crippen MR) is 63.5 cm³/mol. The molecule has 1 saturated carbocycles. The second kappa shape index (κ2) is 4.65. The van der Waals surface area contributed by atoms with Gasteiger partial charge >= 0.3 is 0 Å². The average Bonchev–Trinajstić information content (AvgIpc) is 2.78. The van der Waals surface area contributed by atoms with Gasteiger partial charge in [0.25, 0.3) is 0 Å². The number of nitrogens with one attached hydrogen (secondary N) is 2. The van der Waals surface area contributed by atoms with Crippen molar-refractivity contribution in [3.8, 4) is 0 Å². The summed E-state index contributed by atoms with van der Waals surface area (Å²) in [6.45, 7) is 0.159. The van der Waals surface area contributed by atoms with Crippen molar-refractivity contribution in [3.05, 3.63) is 12.4 Å². The van der Waals surface area contributed by atoms with E-state index in [1.165, 1.54) is 6.33 Å². The highest BCUT2D eigenvalue weighted by molar-refractivity contribution is 5.47. The summed E-state index contributed by atoms with van der Waals surface area (Å²) in [5.74, 6) is 1.55. The molecule has 0 spiro atoms. The number of aliphatic hydroxyl groups is 1. The Morgan fingerprint density at radius 2 is 2.00 bits per heavy atom. The topological polar surface area (TPSA) is 70.1 Å². The van der Waals surface area contributed by atoms with Crippen LogP contribution < -0.4 is 10.6 Å². The predicted octanol–water partition coefficient (Wildman–Crippen LogP) is 1.24. The first-order valence-corrected chi connectivity index (χ1v) is 5.67. The van der Waals surface area contributed by atoms with Crippen LogP contribution in [-0.4, -0.2) is 34.3 Å². The Balaban J connectivity index is 2.12. The Labute approximate surface area is 95.3 Å². The molecule has 2 rings (SSSR count). The molecule has 3 N–H and O–H groups in total. The average molecular weight is 222 g/mol. The quantitative estimate of drug-likeness (QED) is 0.715. The smallest absolute Gasteiger partial charge is 0.131 e. The molecule has 0 bridgehead atoms. The van der Waals surface area contributed by atoms with Crippen molar-refractivity contribution < 1.29 is 5.11 Å². The molecule has 0 amide bonds. The maximum absolute atomic E-state index is 9.48. The molecular formula is C11H18N4O. The summed E-state index contributed by atoms with van der Waals surface area (Å²) in [6, 6.07) is 1.86. The number of anilines is 2. The zero-order valence-electron chi connectivity index (χ0n) is 9.53. The number of aliphatic hydroxyl groups excluding tert-OH is 1. The van der Waals surface area contributed by atoms with Crippen LogP contribution in [0.15, 0.2) is 12.4 Å². The summed E-state index contributed by atoms with van der Waals surface area (Å²) < 4.78 is 0. The molecule has 5 nitrogen and oxygen atoms in total. The molecule has 0 radical (unpaired) electrons. The van der Waals surface area contributed by atoms with Gasteiger partial charge in [-0.25, -0.2) is 9.97 Å². The van der Waals surface area contributed by atoms with Crippen LogP contribution in [0.25, 0.3) is 0 Å². The van der Waals surface area contributed by atoms with E-state index in [-0.39, 0.29) is 12.1 Å². The molecule has 1 fully saturated rings. The van der Waals surface area contributed by atoms with Gasteiger partial charge in [-0.2, -0.15) is 0 Å². The van der Waals surface area contributed by atoms with Crippen molar-refractivity contribution in [1.29, 1.82) is 0 Å². The van der Waals surface area contributed by atoms with Gasteiger partial charge < -0.3 is 15.7 Å². The second-order valence-electron chi connectivity index (χ2n) is 4.31. The highest BCUT2D eigenvalue weighted by atomic mass is 16.3. The van der Waals surface area contributed by atoms with E-state index in [1.807, 2.05) is 13.1 Å². The van der Waals surface area contributed by atoms with Crippen LogP contribution in [-0.2, 0) is 0 Å². The van der Waals surface area contributed by atoms with E-state index >= 15 is 0 Å². The zero-order chi connectivity index (χ0) is 11.4. The molecule has 0 unspecified atom stereocenters. The molecule has 1 heterocycles. The van der Waals surface area contributed by atoms with Gasteiger partial charge in [-0.3, -0.25) is 0 Å². The van der Waals surface area contributed by atoms with E-state index in [9.17, 15) is 5.11 Å². The van der Waals surface area contributed by atoms with Gasteiger partial charge in [0.1, 0.15) is 18.0 Å². The van der Waals surface area contributed by atoms with E-state index in [0.29, 0.717) is 0 Å². The Kier molecular flexibility index (Phi) is 3.24. The standard InChI is InChI=1S/C11H18N4O/c1-12-9-6-10(14-8-13-9)15-11(7-16)4-2-3-5-11/h6,8,16H,2-5,7H2,1H3,(H2,12,13,14,15). The molecule has 1 aliphatic rings. The first kappa shape index (κ1) is 11.1. The highest BCUT2D eigenvalue weighted by Crippen LogP contribution is 2.32. The first-order chi connectivity index (χ1) is 7.78. The van der Waals surface area contributed by atoms with Crippen molar-refractivity contribution in [2.24, 2.45) is 0 Å². The number of rotatable bonds is 4. The second-order valence-corrected chi connectivity index (χ2v) is 4.31. The van der Waals surface area contributed by atoms with Crippen LogP contribution in [0.3, 0.4) is 0 Å². The number of nitrogens with zero attached hydrogens (tertiary/aromatic N) is 2. The Hall–Kier alpha value is -1.36. The van der Waals surface area contributed by atoms with Crippen LogP contribution in [0.2, 0.25) is 0 Å². The van der Waals surface area contributed by atoms with Gasteiger partial charge in [0.2, 0.25) is 0 Å². The van der Waals surface area contributed by atoms with Crippen LogP contribution in [0, 0.1) is 0 Å². The third-order valence-corrected chi connectivity index (χ3v) is 3.18. The molecule has 5 heteroatoms. The fraction of sp³-hybridized carbons (Fsp3) is 0.636. The van der Waals surface area contributed by atoms with Crippen LogP contribution in [0.5, 0.6) is 0 Å². The maximum atomic E-state index is 9.48. The SMILES string of the molecule is CNc1cc(NC2(CO)CCCC2)ncn1. The summed E-state index contributed by atoms with van der Waals surface area (Å²) in [6.07, 6.45) is 5.86. The van der Waals surface area contributed by atoms with Gasteiger partial charge in [-0.15, -0.1) is 0 Å². The van der Waals surface area contributed by atoms with Gasteiger partial charge in [0, 0.05) is 13.1 Å². The molecule has 1 aromatic heterocycles. The minimum Gasteiger partial charge on any atom is -0.394 e. The molecule has 1 aliphatic carbocycles. The molecule has 0 atom stereocenters. The highest BCUT2D eigenvalue weighted by Gasteiger charge is 2.33. The molecule has 1 aromatic rings. The van der Waals surface area contributed by atoms with Crippen LogP contribution in [0.4, 0.5) is 11.6 Å². The van der Waals surface area contributed by atoms with E-state index in [2.05, 4.69) is 20.6 Å². The number of hydrogen-bond acceptors (Lipinski definition) is 5. The Morgan fingerprint density at radius 3 is 2.62 bits per heavy atom. The molecule has 0 aliphatic heterocycles. The fourth-order valence-corrected chi connectivity index (χ4v) is 2.21. The third kappa shape index (κ3) is 2.24. The van der Waals surface area contributed by atoms with Crippen molar-refractivity contribution >= 4 is 11.6 Å². The normalized spacial score (nSPS) is 18.4. The minimum absolute atomic E-state index is 0.159. The molecular weight excluding hydrogens is 204 g/mol. The molecule has 0 aromatic carbocycles. The van der Waals surface area contributed by atoms with Crippen molar-refractivity contribution in [2.45, 2.75) is 31.2 Å². The summed E-state index contributed by atoms with van der Waals surface area (Å²) >= 11 is 0. The summed E-state index contributed by atoms with van der Waals surface area (Å²) in [5, 5.41) is 15.8. The van der Waals surface area contributed by atoms with Crippen LogP contribution in [0.1, 0.15) is 25.7 Å². The fourth-order valence-electron chi connectivity index (χ4n) is 2.21. The van der Waals surface area contributed by atoms with Crippen molar-refractivity contribution in [1.82, 2.24) is 9.97 Å². The van der Waals surface area contributed by atoms with E-state index < -0.39 is 0 Å². The lowest BCUT2D eigenvalue weighted by molar-refractivity contribution is 0.214. The van der Waals surface area contributed by atoms with Crippen molar-refractivity contribution in [3.63, 3.8) is 0 Å². The lowest BCUT2D eigenvalue weighted by Crippen LogP contribution is -2.39. The van der Waals surface area contributed by atoms with E-state index in [0.717, 1.165) is 37.3 Å². The van der Waals surface area contributed by atoms with Crippen LogP contribution >= 0.6 is 0 Å². The lowest BCUT2D eigenvalue weighted by Gasteiger charge is -2.28.